The third kappa shape index (κ3) is 1.66. The van der Waals surface area contributed by atoms with Crippen LogP contribution < -0.4 is 0 Å². The van der Waals surface area contributed by atoms with Crippen molar-refractivity contribution in [3.05, 3.63) is 41.3 Å². The normalized spacial score (nSPS) is 14.7. The van der Waals surface area contributed by atoms with E-state index >= 15 is 0 Å². The minimum atomic E-state index is 0.579. The number of hydrogen-bond acceptors (Lipinski definition) is 3. The smallest absolute Gasteiger partial charge is 0.151 e. The Labute approximate surface area is 114 Å². The Kier molecular flexibility index (Phi) is 2.23. The summed E-state index contributed by atoms with van der Waals surface area (Å²) < 4.78 is 2.34. The van der Waals surface area contributed by atoms with E-state index in [0.29, 0.717) is 11.6 Å². The van der Waals surface area contributed by atoms with Crippen molar-refractivity contribution in [3.63, 3.8) is 0 Å². The van der Waals surface area contributed by atoms with Crippen LogP contribution >= 0.6 is 11.3 Å². The molecule has 0 bridgehead atoms. The van der Waals surface area contributed by atoms with Gasteiger partial charge in [-0.3, -0.25) is 0 Å². The first-order valence-corrected chi connectivity index (χ1v) is 7.21. The number of aromatic nitrogens is 2. The van der Waals surface area contributed by atoms with Crippen LogP contribution in [0.25, 0.3) is 21.7 Å². The lowest BCUT2D eigenvalue weighted by molar-refractivity contribution is 0.777. The molecule has 4 rings (SSSR count). The summed E-state index contributed by atoms with van der Waals surface area (Å²) in [5.74, 6) is 1.04. The van der Waals surface area contributed by atoms with Gasteiger partial charge in [0.25, 0.3) is 0 Å². The highest BCUT2D eigenvalue weighted by Gasteiger charge is 2.28. The molecule has 0 radical (unpaired) electrons. The molecular formula is C15H11N3S. The fraction of sp³-hybridized carbons (Fsp3) is 0.200. The molecule has 0 N–H and O–H groups in total. The van der Waals surface area contributed by atoms with E-state index in [2.05, 4.69) is 28.1 Å². The number of fused-ring (bicyclic) bond motifs is 1. The Morgan fingerprint density at radius 1 is 1.32 bits per heavy atom. The monoisotopic (exact) mass is 265 g/mol. The molecule has 0 amide bonds. The molecule has 1 aliphatic rings. The zero-order valence-electron chi connectivity index (χ0n) is 10.2. The summed E-state index contributed by atoms with van der Waals surface area (Å²) in [6.45, 7) is 0. The molecule has 0 atom stereocenters. The van der Waals surface area contributed by atoms with E-state index in [0.717, 1.165) is 16.9 Å². The zero-order valence-corrected chi connectivity index (χ0v) is 11.0. The molecule has 2 heterocycles. The quantitative estimate of drug-likeness (QED) is 0.703. The molecule has 1 saturated carbocycles. The molecule has 2 aromatic heterocycles. The maximum atomic E-state index is 9.00. The van der Waals surface area contributed by atoms with Crippen LogP contribution in [0.1, 0.15) is 24.4 Å². The average molecular weight is 265 g/mol. The third-order valence-corrected chi connectivity index (χ3v) is 4.34. The van der Waals surface area contributed by atoms with Crippen molar-refractivity contribution in [2.45, 2.75) is 18.9 Å². The van der Waals surface area contributed by atoms with Gasteiger partial charge in [-0.05, 0) is 42.5 Å². The molecule has 1 aliphatic carbocycles. The molecule has 3 nitrogen and oxygen atoms in total. The second kappa shape index (κ2) is 3.94. The zero-order chi connectivity index (χ0) is 12.8. The molecule has 1 fully saturated rings. The molecular weight excluding hydrogens is 254 g/mol. The summed E-state index contributed by atoms with van der Waals surface area (Å²) in [5.41, 5.74) is 2.74. The van der Waals surface area contributed by atoms with Crippen molar-refractivity contribution in [1.82, 2.24) is 9.55 Å². The van der Waals surface area contributed by atoms with Gasteiger partial charge in [-0.25, -0.2) is 4.98 Å². The number of nitriles is 1. The summed E-state index contributed by atoms with van der Waals surface area (Å²) in [6, 6.07) is 12.7. The Balaban J connectivity index is 2.02. The minimum absolute atomic E-state index is 0.579. The second-order valence-electron chi connectivity index (χ2n) is 4.83. The Bertz CT molecular complexity index is 789. The van der Waals surface area contributed by atoms with Crippen LogP contribution in [0, 0.1) is 11.3 Å². The number of hydrogen-bond donors (Lipinski definition) is 0. The van der Waals surface area contributed by atoms with Crippen molar-refractivity contribution >= 4 is 22.4 Å². The SMILES string of the molecule is N#Cc1ccc2c(c1)nc(-c1cccs1)n2C1CC1. The van der Waals surface area contributed by atoms with Gasteiger partial charge in [-0.15, -0.1) is 11.3 Å². The summed E-state index contributed by atoms with van der Waals surface area (Å²) in [5, 5.41) is 11.1. The van der Waals surface area contributed by atoms with E-state index in [-0.39, 0.29) is 0 Å². The van der Waals surface area contributed by atoms with E-state index in [1.54, 1.807) is 11.3 Å². The molecule has 4 heteroatoms. The maximum absolute atomic E-state index is 9.00. The van der Waals surface area contributed by atoms with Gasteiger partial charge in [0.15, 0.2) is 5.82 Å². The van der Waals surface area contributed by atoms with Crippen molar-refractivity contribution < 1.29 is 0 Å². The largest absolute Gasteiger partial charge is 0.320 e. The Hall–Kier alpha value is -2.12. The van der Waals surface area contributed by atoms with Crippen molar-refractivity contribution in [1.29, 1.82) is 5.26 Å². The van der Waals surface area contributed by atoms with E-state index in [1.807, 2.05) is 18.2 Å². The van der Waals surface area contributed by atoms with Gasteiger partial charge < -0.3 is 4.57 Å². The lowest BCUT2D eigenvalue weighted by Gasteiger charge is -2.05. The molecule has 19 heavy (non-hydrogen) atoms. The predicted octanol–water partition coefficient (Wildman–Crippen LogP) is 3.97. The number of rotatable bonds is 2. The van der Waals surface area contributed by atoms with Crippen molar-refractivity contribution in [2.75, 3.05) is 0 Å². The van der Waals surface area contributed by atoms with Crippen molar-refractivity contribution in [2.24, 2.45) is 0 Å². The van der Waals surface area contributed by atoms with Crippen molar-refractivity contribution in [3.8, 4) is 16.8 Å². The molecule has 0 aliphatic heterocycles. The Morgan fingerprint density at radius 3 is 2.89 bits per heavy atom. The molecule has 3 aromatic rings. The van der Waals surface area contributed by atoms with E-state index in [9.17, 15) is 0 Å². The van der Waals surface area contributed by atoms with Crippen LogP contribution in [-0.4, -0.2) is 9.55 Å². The van der Waals surface area contributed by atoms with Gasteiger partial charge in [0.1, 0.15) is 0 Å². The highest BCUT2D eigenvalue weighted by Crippen LogP contribution is 2.42. The molecule has 1 aromatic carbocycles. The highest BCUT2D eigenvalue weighted by molar-refractivity contribution is 7.13. The van der Waals surface area contributed by atoms with Crippen LogP contribution in [0.3, 0.4) is 0 Å². The highest BCUT2D eigenvalue weighted by atomic mass is 32.1. The molecule has 0 spiro atoms. The maximum Gasteiger partial charge on any atom is 0.151 e. The van der Waals surface area contributed by atoms with Gasteiger partial charge in [0, 0.05) is 6.04 Å². The van der Waals surface area contributed by atoms with E-state index < -0.39 is 0 Å². The van der Waals surface area contributed by atoms with Gasteiger partial charge >= 0.3 is 0 Å². The molecule has 0 unspecified atom stereocenters. The lowest BCUT2D eigenvalue weighted by atomic mass is 10.2. The first-order valence-electron chi connectivity index (χ1n) is 6.33. The lowest BCUT2D eigenvalue weighted by Crippen LogP contribution is -1.95. The summed E-state index contributed by atoms with van der Waals surface area (Å²) >= 11 is 1.71. The van der Waals surface area contributed by atoms with E-state index in [4.69, 9.17) is 10.2 Å². The topological polar surface area (TPSA) is 41.6 Å². The van der Waals surface area contributed by atoms with Gasteiger partial charge in [-0.1, -0.05) is 6.07 Å². The summed E-state index contributed by atoms with van der Waals surface area (Å²) in [4.78, 5) is 5.94. The fourth-order valence-corrected chi connectivity index (χ4v) is 3.16. The number of nitrogens with zero attached hydrogens (tertiary/aromatic N) is 3. The fourth-order valence-electron chi connectivity index (χ4n) is 2.45. The number of imidazole rings is 1. The van der Waals surface area contributed by atoms with Crippen LogP contribution in [0.15, 0.2) is 35.7 Å². The summed E-state index contributed by atoms with van der Waals surface area (Å²) in [7, 11) is 0. The van der Waals surface area contributed by atoms with E-state index in [1.165, 1.54) is 17.7 Å². The standard InChI is InChI=1S/C15H11N3S/c16-9-10-3-6-13-12(8-10)17-15(14-2-1-7-19-14)18(13)11-4-5-11/h1-3,6-8,11H,4-5H2. The summed E-state index contributed by atoms with van der Waals surface area (Å²) in [6.07, 6.45) is 2.45. The first kappa shape index (κ1) is 10.8. The van der Waals surface area contributed by atoms with Crippen LogP contribution in [0.5, 0.6) is 0 Å². The molecule has 92 valence electrons. The average Bonchev–Trinajstić information content (AvgIpc) is 3.01. The van der Waals surface area contributed by atoms with Crippen LogP contribution in [0.4, 0.5) is 0 Å². The van der Waals surface area contributed by atoms with Gasteiger partial charge in [-0.2, -0.15) is 5.26 Å². The number of thiophene rings is 1. The first-order chi connectivity index (χ1) is 9.36. The number of benzene rings is 1. The second-order valence-corrected chi connectivity index (χ2v) is 5.78. The third-order valence-electron chi connectivity index (χ3n) is 3.47. The molecule has 0 saturated heterocycles. The van der Waals surface area contributed by atoms with Crippen LogP contribution in [0.2, 0.25) is 0 Å². The Morgan fingerprint density at radius 2 is 2.21 bits per heavy atom. The van der Waals surface area contributed by atoms with Crippen LogP contribution in [-0.2, 0) is 0 Å². The van der Waals surface area contributed by atoms with Gasteiger partial charge in [0.05, 0.1) is 27.5 Å². The predicted molar refractivity (Wildman–Crippen MR) is 76.0 cm³/mol. The minimum Gasteiger partial charge on any atom is -0.320 e. The van der Waals surface area contributed by atoms with Gasteiger partial charge in [0.2, 0.25) is 0 Å².